The van der Waals surface area contributed by atoms with E-state index in [-0.39, 0.29) is 33.6 Å². The molecule has 0 radical (unpaired) electrons. The first kappa shape index (κ1) is 27.1. The third-order valence-corrected chi connectivity index (χ3v) is 5.90. The lowest BCUT2D eigenvalue weighted by molar-refractivity contribution is 0.0686. The van der Waals surface area contributed by atoms with Crippen molar-refractivity contribution < 1.29 is 29.4 Å². The molecule has 10 nitrogen and oxygen atoms in total. The first-order chi connectivity index (χ1) is 19.1. The fourth-order valence-electron chi connectivity index (χ4n) is 3.72. The topological polar surface area (TPSA) is 185 Å². The maximum absolute atomic E-state index is 12.6. The van der Waals surface area contributed by atoms with E-state index in [0.717, 1.165) is 11.1 Å². The second kappa shape index (κ2) is 11.7. The van der Waals surface area contributed by atoms with Gasteiger partial charge < -0.3 is 32.3 Å². The maximum Gasteiger partial charge on any atom is 0.335 e. The van der Waals surface area contributed by atoms with E-state index in [9.17, 15) is 19.2 Å². The summed E-state index contributed by atoms with van der Waals surface area (Å²) in [5.74, 6) is -3.35. The number of carboxylic acid groups (broad SMARTS) is 2. The summed E-state index contributed by atoms with van der Waals surface area (Å²) in [5.41, 5.74) is 14.8. The summed E-state index contributed by atoms with van der Waals surface area (Å²) in [6.07, 6.45) is 3.73. The number of aromatic carboxylic acids is 2. The SMILES string of the molecule is Nc1ccc(C(=O)O)cc1C(=O)Nc1ccc(/C=C/c2ccc(NC(=O)c3cc(C(=O)O)ccc3N)cc2)cc1. The molecule has 10 heteroatoms. The maximum atomic E-state index is 12.6. The van der Waals surface area contributed by atoms with Crippen LogP contribution < -0.4 is 22.1 Å². The zero-order valence-corrected chi connectivity index (χ0v) is 20.9. The molecule has 2 amide bonds. The number of carboxylic acids is 2. The molecule has 0 saturated heterocycles. The summed E-state index contributed by atoms with van der Waals surface area (Å²) in [6, 6.07) is 21.9. The number of amides is 2. The number of nitrogen functional groups attached to an aromatic ring is 2. The van der Waals surface area contributed by atoms with Gasteiger partial charge in [0.1, 0.15) is 0 Å². The van der Waals surface area contributed by atoms with Crippen molar-refractivity contribution >= 4 is 58.7 Å². The zero-order valence-electron chi connectivity index (χ0n) is 20.9. The number of hydrogen-bond donors (Lipinski definition) is 6. The van der Waals surface area contributed by atoms with E-state index < -0.39 is 23.8 Å². The van der Waals surface area contributed by atoms with Gasteiger partial charge in [0.25, 0.3) is 11.8 Å². The van der Waals surface area contributed by atoms with Crippen LogP contribution in [0.5, 0.6) is 0 Å². The van der Waals surface area contributed by atoms with Gasteiger partial charge in [-0.15, -0.1) is 0 Å². The van der Waals surface area contributed by atoms with Crippen molar-refractivity contribution in [2.75, 3.05) is 22.1 Å². The summed E-state index contributed by atoms with van der Waals surface area (Å²) in [7, 11) is 0. The van der Waals surface area contributed by atoms with E-state index in [0.29, 0.717) is 11.4 Å². The third kappa shape index (κ3) is 6.50. The molecule has 0 heterocycles. The van der Waals surface area contributed by atoms with Gasteiger partial charge in [-0.1, -0.05) is 36.4 Å². The molecular weight excluding hydrogens is 512 g/mol. The molecule has 0 spiro atoms. The quantitative estimate of drug-likeness (QED) is 0.135. The Morgan fingerprint density at radius 2 is 0.900 bits per heavy atom. The van der Waals surface area contributed by atoms with Crippen LogP contribution in [0.3, 0.4) is 0 Å². The average Bonchev–Trinajstić information content (AvgIpc) is 2.93. The van der Waals surface area contributed by atoms with E-state index in [1.165, 1.54) is 36.4 Å². The number of nitrogens with two attached hydrogens (primary N) is 2. The fraction of sp³-hybridized carbons (Fsp3) is 0. The lowest BCUT2D eigenvalue weighted by Gasteiger charge is -2.09. The van der Waals surface area contributed by atoms with Gasteiger partial charge in [0.2, 0.25) is 0 Å². The van der Waals surface area contributed by atoms with Gasteiger partial charge in [0.05, 0.1) is 22.3 Å². The Hall–Kier alpha value is -5.90. The molecule has 0 aromatic heterocycles. The average molecular weight is 537 g/mol. The smallest absolute Gasteiger partial charge is 0.335 e. The van der Waals surface area contributed by atoms with Crippen LogP contribution in [0.25, 0.3) is 12.2 Å². The van der Waals surface area contributed by atoms with E-state index in [2.05, 4.69) is 10.6 Å². The molecule has 40 heavy (non-hydrogen) atoms. The molecule has 0 fully saturated rings. The number of carbonyl (C=O) groups excluding carboxylic acids is 2. The van der Waals surface area contributed by atoms with Gasteiger partial charge in [0, 0.05) is 22.7 Å². The second-order valence-electron chi connectivity index (χ2n) is 8.70. The molecule has 4 rings (SSSR count). The molecule has 0 aliphatic heterocycles. The Bertz CT molecular complexity index is 1520. The molecule has 0 aliphatic rings. The highest BCUT2D eigenvalue weighted by Crippen LogP contribution is 2.20. The van der Waals surface area contributed by atoms with E-state index in [4.69, 9.17) is 21.7 Å². The third-order valence-electron chi connectivity index (χ3n) is 5.90. The van der Waals surface area contributed by atoms with E-state index in [1.807, 2.05) is 12.2 Å². The highest BCUT2D eigenvalue weighted by molar-refractivity contribution is 6.10. The molecule has 0 bridgehead atoms. The Morgan fingerprint density at radius 1 is 0.550 bits per heavy atom. The molecule has 4 aromatic carbocycles. The molecular formula is C30H24N4O6. The number of anilines is 4. The predicted octanol–water partition coefficient (Wildman–Crippen LogP) is 4.92. The van der Waals surface area contributed by atoms with Gasteiger partial charge >= 0.3 is 11.9 Å². The van der Waals surface area contributed by atoms with E-state index in [1.54, 1.807) is 48.5 Å². The Balaban J connectivity index is 1.37. The summed E-state index contributed by atoms with van der Waals surface area (Å²) in [4.78, 5) is 47.5. The van der Waals surface area contributed by atoms with Crippen LogP contribution in [-0.4, -0.2) is 34.0 Å². The molecule has 4 aromatic rings. The van der Waals surface area contributed by atoms with Crippen molar-refractivity contribution in [3.05, 3.63) is 118 Å². The van der Waals surface area contributed by atoms with Gasteiger partial charge in [-0.2, -0.15) is 0 Å². The molecule has 0 atom stereocenters. The highest BCUT2D eigenvalue weighted by Gasteiger charge is 2.15. The monoisotopic (exact) mass is 536 g/mol. The van der Waals surface area contributed by atoms with Crippen molar-refractivity contribution in [2.24, 2.45) is 0 Å². The van der Waals surface area contributed by atoms with Crippen molar-refractivity contribution in [3.8, 4) is 0 Å². The van der Waals surface area contributed by atoms with Crippen LogP contribution in [0.15, 0.2) is 84.9 Å². The van der Waals surface area contributed by atoms with Crippen LogP contribution in [0.1, 0.15) is 52.6 Å². The van der Waals surface area contributed by atoms with Crippen LogP contribution in [0.2, 0.25) is 0 Å². The Morgan fingerprint density at radius 3 is 1.23 bits per heavy atom. The molecule has 0 saturated carbocycles. The van der Waals surface area contributed by atoms with Crippen molar-refractivity contribution in [3.63, 3.8) is 0 Å². The lowest BCUT2D eigenvalue weighted by atomic mass is 10.1. The minimum Gasteiger partial charge on any atom is -0.478 e. The minimum absolute atomic E-state index is 0.0366. The largest absolute Gasteiger partial charge is 0.478 e. The van der Waals surface area contributed by atoms with Crippen molar-refractivity contribution in [2.45, 2.75) is 0 Å². The molecule has 200 valence electrons. The first-order valence-electron chi connectivity index (χ1n) is 11.9. The predicted molar refractivity (Wildman–Crippen MR) is 153 cm³/mol. The summed E-state index contributed by atoms with van der Waals surface area (Å²) >= 11 is 0. The zero-order chi connectivity index (χ0) is 28.8. The second-order valence-corrected chi connectivity index (χ2v) is 8.70. The van der Waals surface area contributed by atoms with Crippen LogP contribution in [0, 0.1) is 0 Å². The summed E-state index contributed by atoms with van der Waals surface area (Å²) in [5, 5.41) is 23.7. The Kier molecular flexibility index (Phi) is 7.91. The molecule has 8 N–H and O–H groups in total. The van der Waals surface area contributed by atoms with Crippen LogP contribution in [-0.2, 0) is 0 Å². The van der Waals surface area contributed by atoms with Crippen LogP contribution >= 0.6 is 0 Å². The van der Waals surface area contributed by atoms with Gasteiger partial charge in [0.15, 0.2) is 0 Å². The fourth-order valence-corrected chi connectivity index (χ4v) is 3.72. The summed E-state index contributed by atoms with van der Waals surface area (Å²) < 4.78 is 0. The standard InChI is InChI=1S/C30H24N4O6/c31-25-13-7-19(29(37)38)15-23(25)27(35)33-21-9-3-17(4-10-21)1-2-18-5-11-22(12-6-18)34-28(36)24-16-20(30(39)40)8-14-26(24)32/h1-16H,31-32H2,(H,33,35)(H,34,36)(H,37,38)(H,39,40)/b2-1+. The van der Waals surface area contributed by atoms with Crippen molar-refractivity contribution in [1.82, 2.24) is 0 Å². The molecule has 0 aliphatic carbocycles. The number of nitrogens with one attached hydrogen (secondary N) is 2. The highest BCUT2D eigenvalue weighted by atomic mass is 16.4. The molecule has 0 unspecified atom stereocenters. The van der Waals surface area contributed by atoms with Crippen LogP contribution in [0.4, 0.5) is 22.7 Å². The van der Waals surface area contributed by atoms with Gasteiger partial charge in [-0.05, 0) is 71.8 Å². The minimum atomic E-state index is -1.15. The first-order valence-corrected chi connectivity index (χ1v) is 11.9. The number of hydrogen-bond acceptors (Lipinski definition) is 6. The number of rotatable bonds is 8. The Labute approximate surface area is 228 Å². The van der Waals surface area contributed by atoms with E-state index >= 15 is 0 Å². The normalized spacial score (nSPS) is 10.7. The number of carbonyl (C=O) groups is 4. The summed E-state index contributed by atoms with van der Waals surface area (Å²) in [6.45, 7) is 0. The lowest BCUT2D eigenvalue weighted by Crippen LogP contribution is -2.15. The van der Waals surface area contributed by atoms with Crippen molar-refractivity contribution in [1.29, 1.82) is 0 Å². The van der Waals surface area contributed by atoms with Gasteiger partial charge in [-0.3, -0.25) is 9.59 Å². The van der Waals surface area contributed by atoms with Gasteiger partial charge in [-0.25, -0.2) is 9.59 Å². The number of benzene rings is 4.